The Morgan fingerprint density at radius 1 is 1.37 bits per heavy atom. The third-order valence-corrected chi connectivity index (χ3v) is 4.82. The molecule has 19 heavy (non-hydrogen) atoms. The molecule has 0 saturated heterocycles. The second-order valence-electron chi connectivity index (χ2n) is 6.33. The molecule has 1 saturated carbocycles. The highest BCUT2D eigenvalue weighted by molar-refractivity contribution is 5.06. The first kappa shape index (κ1) is 14.6. The Balaban J connectivity index is 2.06. The lowest BCUT2D eigenvalue weighted by Crippen LogP contribution is -2.51. The summed E-state index contributed by atoms with van der Waals surface area (Å²) in [5.74, 6) is 2.87. The Morgan fingerprint density at radius 3 is 2.79 bits per heavy atom. The van der Waals surface area contributed by atoms with Crippen LogP contribution >= 0.6 is 0 Å². The van der Waals surface area contributed by atoms with Crippen LogP contribution in [-0.2, 0) is 6.54 Å². The summed E-state index contributed by atoms with van der Waals surface area (Å²) in [5.41, 5.74) is 6.30. The van der Waals surface area contributed by atoms with E-state index in [-0.39, 0.29) is 5.54 Å². The number of hydrogen-bond donors (Lipinski definition) is 1. The molecular weight excluding hydrogens is 236 g/mol. The van der Waals surface area contributed by atoms with Crippen molar-refractivity contribution in [3.63, 3.8) is 0 Å². The number of hydrogen-bond acceptors (Lipinski definition) is 3. The van der Waals surface area contributed by atoms with Crippen molar-refractivity contribution in [2.45, 2.75) is 58.0 Å². The van der Waals surface area contributed by atoms with Gasteiger partial charge in [-0.15, -0.1) is 0 Å². The van der Waals surface area contributed by atoms with Gasteiger partial charge in [0.1, 0.15) is 11.5 Å². The third kappa shape index (κ3) is 3.40. The molecule has 0 radical (unpaired) electrons. The highest BCUT2D eigenvalue weighted by Gasteiger charge is 2.35. The third-order valence-electron chi connectivity index (χ3n) is 4.82. The lowest BCUT2D eigenvalue weighted by atomic mass is 9.88. The molecule has 0 aromatic carbocycles. The van der Waals surface area contributed by atoms with Gasteiger partial charge in [0, 0.05) is 12.1 Å². The van der Waals surface area contributed by atoms with Gasteiger partial charge in [0.05, 0.1) is 6.54 Å². The quantitative estimate of drug-likeness (QED) is 0.848. The Morgan fingerprint density at radius 2 is 2.16 bits per heavy atom. The molecule has 1 aromatic rings. The van der Waals surface area contributed by atoms with Crippen LogP contribution in [0.25, 0.3) is 0 Å². The van der Waals surface area contributed by atoms with Gasteiger partial charge < -0.3 is 10.2 Å². The van der Waals surface area contributed by atoms with Crippen LogP contribution in [0.4, 0.5) is 0 Å². The van der Waals surface area contributed by atoms with Gasteiger partial charge in [0.2, 0.25) is 0 Å². The Hall–Kier alpha value is -0.800. The predicted octanol–water partition coefficient (Wildman–Crippen LogP) is 3.32. The Kier molecular flexibility index (Phi) is 4.69. The van der Waals surface area contributed by atoms with Crippen molar-refractivity contribution in [1.82, 2.24) is 4.90 Å². The van der Waals surface area contributed by atoms with E-state index in [9.17, 15) is 0 Å². The van der Waals surface area contributed by atoms with Crippen LogP contribution in [0.1, 0.15) is 50.5 Å². The summed E-state index contributed by atoms with van der Waals surface area (Å²) < 4.78 is 5.70. The summed E-state index contributed by atoms with van der Waals surface area (Å²) >= 11 is 0. The van der Waals surface area contributed by atoms with Crippen molar-refractivity contribution >= 4 is 0 Å². The number of furan rings is 1. The van der Waals surface area contributed by atoms with E-state index in [0.29, 0.717) is 0 Å². The van der Waals surface area contributed by atoms with E-state index in [1.165, 1.54) is 32.1 Å². The minimum absolute atomic E-state index is 0.158. The van der Waals surface area contributed by atoms with Crippen LogP contribution in [0.2, 0.25) is 0 Å². The number of likely N-dealkylation sites (N-methyl/N-ethyl adjacent to an activating group) is 1. The molecular formula is C16H28N2O. The molecule has 0 spiro atoms. The molecule has 1 aliphatic carbocycles. The van der Waals surface area contributed by atoms with Crippen molar-refractivity contribution in [3.8, 4) is 0 Å². The molecule has 1 heterocycles. The minimum atomic E-state index is 0.158. The van der Waals surface area contributed by atoms with E-state index in [1.54, 1.807) is 0 Å². The maximum absolute atomic E-state index is 6.14. The molecule has 0 amide bonds. The SMILES string of the molecule is Cc1ccc(CN(C)C2(CN)CCCC(C)CC2)o1. The maximum atomic E-state index is 6.14. The summed E-state index contributed by atoms with van der Waals surface area (Å²) in [7, 11) is 2.20. The lowest BCUT2D eigenvalue weighted by Gasteiger charge is -2.40. The normalized spacial score (nSPS) is 28.6. The van der Waals surface area contributed by atoms with Crippen LogP contribution < -0.4 is 5.73 Å². The molecule has 0 aliphatic heterocycles. The van der Waals surface area contributed by atoms with Crippen LogP contribution in [0.3, 0.4) is 0 Å². The smallest absolute Gasteiger partial charge is 0.118 e. The topological polar surface area (TPSA) is 42.4 Å². The van der Waals surface area contributed by atoms with Crippen LogP contribution in [0.5, 0.6) is 0 Å². The molecule has 1 aliphatic rings. The van der Waals surface area contributed by atoms with E-state index in [2.05, 4.69) is 24.9 Å². The predicted molar refractivity (Wildman–Crippen MR) is 78.9 cm³/mol. The summed E-state index contributed by atoms with van der Waals surface area (Å²) in [6, 6.07) is 4.11. The van der Waals surface area contributed by atoms with Gasteiger partial charge in [-0.05, 0) is 51.3 Å². The molecule has 3 nitrogen and oxygen atoms in total. The fourth-order valence-electron chi connectivity index (χ4n) is 3.28. The first-order chi connectivity index (χ1) is 9.05. The number of rotatable bonds is 4. The van der Waals surface area contributed by atoms with Gasteiger partial charge in [-0.1, -0.05) is 19.8 Å². The second kappa shape index (κ2) is 6.10. The van der Waals surface area contributed by atoms with Crippen LogP contribution in [0.15, 0.2) is 16.5 Å². The second-order valence-corrected chi connectivity index (χ2v) is 6.33. The van der Waals surface area contributed by atoms with E-state index in [0.717, 1.165) is 30.5 Å². The Bertz CT molecular complexity index is 401. The molecule has 1 fully saturated rings. The maximum Gasteiger partial charge on any atom is 0.118 e. The minimum Gasteiger partial charge on any atom is -0.465 e. The van der Waals surface area contributed by atoms with Gasteiger partial charge in [-0.25, -0.2) is 0 Å². The zero-order valence-corrected chi connectivity index (χ0v) is 12.6. The van der Waals surface area contributed by atoms with Gasteiger partial charge in [0.15, 0.2) is 0 Å². The summed E-state index contributed by atoms with van der Waals surface area (Å²) in [6.07, 6.45) is 6.35. The zero-order chi connectivity index (χ0) is 13.9. The molecule has 108 valence electrons. The number of nitrogens with zero attached hydrogens (tertiary/aromatic N) is 1. The van der Waals surface area contributed by atoms with Gasteiger partial charge in [-0.3, -0.25) is 4.90 Å². The molecule has 2 unspecified atom stereocenters. The highest BCUT2D eigenvalue weighted by Crippen LogP contribution is 2.34. The van der Waals surface area contributed by atoms with Gasteiger partial charge in [-0.2, -0.15) is 0 Å². The largest absolute Gasteiger partial charge is 0.465 e. The van der Waals surface area contributed by atoms with Crippen LogP contribution in [-0.4, -0.2) is 24.0 Å². The molecule has 1 aromatic heterocycles. The highest BCUT2D eigenvalue weighted by atomic mass is 16.3. The van der Waals surface area contributed by atoms with Crippen molar-refractivity contribution in [2.24, 2.45) is 11.7 Å². The molecule has 2 atom stereocenters. The average molecular weight is 264 g/mol. The molecule has 2 N–H and O–H groups in total. The lowest BCUT2D eigenvalue weighted by molar-refractivity contribution is 0.0909. The first-order valence-electron chi connectivity index (χ1n) is 7.52. The zero-order valence-electron chi connectivity index (χ0n) is 12.6. The summed E-state index contributed by atoms with van der Waals surface area (Å²) in [6.45, 7) is 5.97. The average Bonchev–Trinajstić information content (AvgIpc) is 2.68. The number of aryl methyl sites for hydroxylation is 1. The van der Waals surface area contributed by atoms with Crippen molar-refractivity contribution in [3.05, 3.63) is 23.7 Å². The fourth-order valence-corrected chi connectivity index (χ4v) is 3.28. The summed E-state index contributed by atoms with van der Waals surface area (Å²) in [5, 5.41) is 0. The number of nitrogens with two attached hydrogens (primary N) is 1. The standard InChI is InChI=1S/C16H28N2O/c1-13-5-4-9-16(12-17,10-8-13)18(3)11-15-7-6-14(2)19-15/h6-7,13H,4-5,8-12,17H2,1-3H3. The van der Waals surface area contributed by atoms with E-state index in [4.69, 9.17) is 10.2 Å². The van der Waals surface area contributed by atoms with E-state index in [1.807, 2.05) is 13.0 Å². The van der Waals surface area contributed by atoms with Gasteiger partial charge >= 0.3 is 0 Å². The Labute approximate surface area is 117 Å². The van der Waals surface area contributed by atoms with E-state index < -0.39 is 0 Å². The first-order valence-corrected chi connectivity index (χ1v) is 7.52. The summed E-state index contributed by atoms with van der Waals surface area (Å²) in [4.78, 5) is 2.42. The monoisotopic (exact) mass is 264 g/mol. The molecule has 2 rings (SSSR count). The van der Waals surface area contributed by atoms with Crippen LogP contribution in [0, 0.1) is 12.8 Å². The molecule has 3 heteroatoms. The van der Waals surface area contributed by atoms with Crippen molar-refractivity contribution in [2.75, 3.05) is 13.6 Å². The van der Waals surface area contributed by atoms with Crippen molar-refractivity contribution < 1.29 is 4.42 Å². The van der Waals surface area contributed by atoms with E-state index >= 15 is 0 Å². The van der Waals surface area contributed by atoms with Crippen molar-refractivity contribution in [1.29, 1.82) is 0 Å². The van der Waals surface area contributed by atoms with Gasteiger partial charge in [0.25, 0.3) is 0 Å². The fraction of sp³-hybridized carbons (Fsp3) is 0.750. The molecule has 0 bridgehead atoms.